The van der Waals surface area contributed by atoms with Crippen molar-refractivity contribution in [2.24, 2.45) is 0 Å². The third-order valence-electron chi connectivity index (χ3n) is 3.12. The molecule has 0 aromatic heterocycles. The Morgan fingerprint density at radius 1 is 1.33 bits per heavy atom. The second-order valence-electron chi connectivity index (χ2n) is 4.80. The Morgan fingerprint density at radius 2 is 1.95 bits per heavy atom. The van der Waals surface area contributed by atoms with E-state index in [4.69, 9.17) is 4.74 Å². The van der Waals surface area contributed by atoms with Gasteiger partial charge in [0.05, 0.1) is 6.61 Å². The Morgan fingerprint density at radius 3 is 2.43 bits per heavy atom. The van der Waals surface area contributed by atoms with E-state index in [2.05, 4.69) is 5.32 Å². The molecule has 1 rings (SSSR count). The largest absolute Gasteiger partial charge is 0.383 e. The third-order valence-corrected chi connectivity index (χ3v) is 3.12. The monoisotopic (exact) mass is 287 g/mol. The van der Waals surface area contributed by atoms with Gasteiger partial charge >= 0.3 is 0 Å². The SMILES string of the molecule is COCCNC(=O)/C(C#N)=C(\C)c1ccc(N(C)C)cc1. The molecule has 0 aliphatic carbocycles. The second kappa shape index (κ2) is 8.08. The smallest absolute Gasteiger partial charge is 0.262 e. The van der Waals surface area contributed by atoms with E-state index in [1.54, 1.807) is 14.0 Å². The van der Waals surface area contributed by atoms with E-state index < -0.39 is 0 Å². The number of rotatable bonds is 6. The summed E-state index contributed by atoms with van der Waals surface area (Å²) in [5.74, 6) is -0.372. The van der Waals surface area contributed by atoms with Crippen LogP contribution in [0.25, 0.3) is 5.57 Å². The summed E-state index contributed by atoms with van der Waals surface area (Å²) >= 11 is 0. The number of carbonyl (C=O) groups excluding carboxylic acids is 1. The first-order valence-corrected chi connectivity index (χ1v) is 6.67. The number of amides is 1. The van der Waals surface area contributed by atoms with Crippen LogP contribution in [-0.4, -0.2) is 40.3 Å². The van der Waals surface area contributed by atoms with Gasteiger partial charge in [-0.3, -0.25) is 4.79 Å². The molecule has 0 saturated carbocycles. The van der Waals surface area contributed by atoms with Gasteiger partial charge in [0.2, 0.25) is 0 Å². The number of hydrogen-bond acceptors (Lipinski definition) is 4. The van der Waals surface area contributed by atoms with Crippen molar-refractivity contribution in [1.82, 2.24) is 5.32 Å². The molecule has 0 spiro atoms. The minimum absolute atomic E-state index is 0.128. The Hall–Kier alpha value is -2.32. The molecule has 0 bridgehead atoms. The molecule has 5 heteroatoms. The summed E-state index contributed by atoms with van der Waals surface area (Å²) in [6, 6.07) is 9.71. The molecule has 0 radical (unpaired) electrons. The minimum Gasteiger partial charge on any atom is -0.383 e. The number of methoxy groups -OCH3 is 1. The molecule has 0 heterocycles. The lowest BCUT2D eigenvalue weighted by atomic mass is 10.0. The first-order chi connectivity index (χ1) is 10.0. The van der Waals surface area contributed by atoms with Gasteiger partial charge in [0.25, 0.3) is 5.91 Å². The van der Waals surface area contributed by atoms with Crippen LogP contribution in [0.2, 0.25) is 0 Å². The quantitative estimate of drug-likeness (QED) is 0.492. The second-order valence-corrected chi connectivity index (χ2v) is 4.80. The van der Waals surface area contributed by atoms with Crippen molar-refractivity contribution in [2.45, 2.75) is 6.92 Å². The van der Waals surface area contributed by atoms with E-state index in [9.17, 15) is 10.1 Å². The summed E-state index contributed by atoms with van der Waals surface area (Å²) in [6.07, 6.45) is 0. The number of nitriles is 1. The van der Waals surface area contributed by atoms with Gasteiger partial charge in [-0.05, 0) is 30.2 Å². The van der Waals surface area contributed by atoms with Crippen molar-refractivity contribution in [3.8, 4) is 6.07 Å². The fraction of sp³-hybridized carbons (Fsp3) is 0.375. The molecule has 0 saturated heterocycles. The number of nitrogens with zero attached hydrogens (tertiary/aromatic N) is 2. The number of carbonyl (C=O) groups is 1. The lowest BCUT2D eigenvalue weighted by Crippen LogP contribution is -2.28. The van der Waals surface area contributed by atoms with Crippen LogP contribution in [-0.2, 0) is 9.53 Å². The Labute approximate surface area is 125 Å². The molecule has 1 aromatic rings. The van der Waals surface area contributed by atoms with Crippen LogP contribution in [0, 0.1) is 11.3 Å². The molecule has 0 atom stereocenters. The highest BCUT2D eigenvalue weighted by atomic mass is 16.5. The maximum absolute atomic E-state index is 12.0. The highest BCUT2D eigenvalue weighted by Crippen LogP contribution is 2.21. The van der Waals surface area contributed by atoms with Crippen LogP contribution in [0.1, 0.15) is 12.5 Å². The zero-order valence-corrected chi connectivity index (χ0v) is 12.9. The maximum Gasteiger partial charge on any atom is 0.262 e. The summed E-state index contributed by atoms with van der Waals surface area (Å²) in [7, 11) is 5.48. The van der Waals surface area contributed by atoms with E-state index in [0.717, 1.165) is 11.3 Å². The number of benzene rings is 1. The molecule has 0 unspecified atom stereocenters. The number of allylic oxidation sites excluding steroid dienone is 1. The van der Waals surface area contributed by atoms with Crippen LogP contribution in [0.15, 0.2) is 29.8 Å². The van der Waals surface area contributed by atoms with E-state index in [0.29, 0.717) is 18.7 Å². The minimum atomic E-state index is -0.372. The first-order valence-electron chi connectivity index (χ1n) is 6.67. The molecule has 1 amide bonds. The van der Waals surface area contributed by atoms with E-state index in [1.165, 1.54) is 0 Å². The molecule has 112 valence electrons. The summed E-state index contributed by atoms with van der Waals surface area (Å²) in [5.41, 5.74) is 2.72. The topological polar surface area (TPSA) is 65.4 Å². The zero-order valence-electron chi connectivity index (χ0n) is 12.9. The van der Waals surface area contributed by atoms with Gasteiger partial charge in [0, 0.05) is 33.4 Å². The van der Waals surface area contributed by atoms with E-state index in [1.807, 2.05) is 49.3 Å². The summed E-state index contributed by atoms with van der Waals surface area (Å²) in [6.45, 7) is 2.58. The summed E-state index contributed by atoms with van der Waals surface area (Å²) in [5, 5.41) is 11.9. The highest BCUT2D eigenvalue weighted by Gasteiger charge is 2.13. The predicted octanol–water partition coefficient (Wildman–Crippen LogP) is 1.81. The van der Waals surface area contributed by atoms with Crippen LogP contribution < -0.4 is 10.2 Å². The fourth-order valence-electron chi connectivity index (χ4n) is 1.81. The first kappa shape index (κ1) is 16.7. The fourth-order valence-corrected chi connectivity index (χ4v) is 1.81. The Balaban J connectivity index is 2.96. The molecular formula is C16H21N3O2. The maximum atomic E-state index is 12.0. The standard InChI is InChI=1S/C16H21N3O2/c1-12(13-5-7-14(8-6-13)19(2)3)15(11-17)16(20)18-9-10-21-4/h5-8H,9-10H2,1-4H3,(H,18,20)/b15-12+. The Kier molecular flexibility index (Phi) is 6.44. The van der Waals surface area contributed by atoms with Gasteiger partial charge in [-0.25, -0.2) is 0 Å². The molecule has 1 N–H and O–H groups in total. The van der Waals surface area contributed by atoms with Crippen molar-refractivity contribution < 1.29 is 9.53 Å². The molecule has 0 aliphatic rings. The molecule has 0 fully saturated rings. The van der Waals surface area contributed by atoms with Crippen molar-refractivity contribution in [3.63, 3.8) is 0 Å². The van der Waals surface area contributed by atoms with Crippen LogP contribution in [0.5, 0.6) is 0 Å². The highest BCUT2D eigenvalue weighted by molar-refractivity contribution is 6.04. The van der Waals surface area contributed by atoms with Crippen LogP contribution in [0.4, 0.5) is 5.69 Å². The van der Waals surface area contributed by atoms with E-state index in [-0.39, 0.29) is 11.5 Å². The van der Waals surface area contributed by atoms with Crippen LogP contribution in [0.3, 0.4) is 0 Å². The lowest BCUT2D eigenvalue weighted by molar-refractivity contribution is -0.117. The third kappa shape index (κ3) is 4.62. The number of ether oxygens (including phenoxy) is 1. The average molecular weight is 287 g/mol. The van der Waals surface area contributed by atoms with Gasteiger partial charge in [-0.1, -0.05) is 12.1 Å². The van der Waals surface area contributed by atoms with Crippen molar-refractivity contribution in [2.75, 3.05) is 39.3 Å². The van der Waals surface area contributed by atoms with Gasteiger partial charge in [-0.2, -0.15) is 5.26 Å². The van der Waals surface area contributed by atoms with Crippen molar-refractivity contribution in [1.29, 1.82) is 5.26 Å². The zero-order chi connectivity index (χ0) is 15.8. The van der Waals surface area contributed by atoms with E-state index >= 15 is 0 Å². The summed E-state index contributed by atoms with van der Waals surface area (Å²) in [4.78, 5) is 14.0. The Bertz CT molecular complexity index is 554. The predicted molar refractivity (Wildman–Crippen MR) is 83.9 cm³/mol. The van der Waals surface area contributed by atoms with Crippen molar-refractivity contribution >= 4 is 17.2 Å². The average Bonchev–Trinajstić information content (AvgIpc) is 2.48. The van der Waals surface area contributed by atoms with Crippen LogP contribution >= 0.6 is 0 Å². The molecular weight excluding hydrogens is 266 g/mol. The summed E-state index contributed by atoms with van der Waals surface area (Å²) < 4.78 is 4.87. The molecule has 1 aromatic carbocycles. The van der Waals surface area contributed by atoms with Gasteiger partial charge in [0.15, 0.2) is 0 Å². The number of hydrogen-bond donors (Lipinski definition) is 1. The van der Waals surface area contributed by atoms with Crippen molar-refractivity contribution in [3.05, 3.63) is 35.4 Å². The van der Waals surface area contributed by atoms with Gasteiger partial charge in [0.1, 0.15) is 11.6 Å². The molecule has 5 nitrogen and oxygen atoms in total. The normalized spacial score (nSPS) is 11.4. The number of nitrogens with one attached hydrogen (secondary N) is 1. The van der Waals surface area contributed by atoms with Gasteiger partial charge in [-0.15, -0.1) is 0 Å². The molecule has 21 heavy (non-hydrogen) atoms. The molecule has 0 aliphatic heterocycles. The lowest BCUT2D eigenvalue weighted by Gasteiger charge is -2.13. The number of anilines is 1. The van der Waals surface area contributed by atoms with Gasteiger partial charge < -0.3 is 15.0 Å².